The second kappa shape index (κ2) is 4.25. The first-order valence-electron chi connectivity index (χ1n) is 5.27. The number of hydrogen-bond donors (Lipinski definition) is 0. The summed E-state index contributed by atoms with van der Waals surface area (Å²) in [7, 11) is 0. The molecule has 0 N–H and O–H groups in total. The van der Waals surface area contributed by atoms with Gasteiger partial charge in [0.15, 0.2) is 0 Å². The summed E-state index contributed by atoms with van der Waals surface area (Å²) in [5.74, 6) is 0. The Morgan fingerprint density at radius 1 is 0.636 bits per heavy atom. The number of hydrogen-bond acceptors (Lipinski definition) is 0. The lowest BCUT2D eigenvalue weighted by Gasteiger charge is -2.59. The number of halogens is 12. The van der Waals surface area contributed by atoms with Crippen LogP contribution in [0.5, 0.6) is 0 Å². The van der Waals surface area contributed by atoms with E-state index in [9.17, 15) is 52.7 Å². The van der Waals surface area contributed by atoms with Gasteiger partial charge in [0, 0.05) is 0 Å². The summed E-state index contributed by atoms with van der Waals surface area (Å²) in [6.07, 6.45) is -26.1. The molecule has 0 bridgehead atoms. The molecule has 130 valence electrons. The summed E-state index contributed by atoms with van der Waals surface area (Å²) < 4.78 is 154. The minimum atomic E-state index is -6.85. The van der Waals surface area contributed by atoms with Crippen LogP contribution in [0.15, 0.2) is 11.1 Å². The maximum absolute atomic E-state index is 12.9. The molecule has 0 saturated carbocycles. The van der Waals surface area contributed by atoms with Gasteiger partial charge in [-0.25, -0.2) is 0 Å². The Morgan fingerprint density at radius 2 is 0.955 bits per heavy atom. The monoisotopic (exact) mass is 354 g/mol. The third kappa shape index (κ3) is 1.87. The van der Waals surface area contributed by atoms with Crippen LogP contribution in [0.3, 0.4) is 0 Å². The third-order valence-electron chi connectivity index (χ3n) is 3.95. The van der Waals surface area contributed by atoms with Crippen LogP contribution in [-0.2, 0) is 0 Å². The molecule has 1 aliphatic rings. The van der Waals surface area contributed by atoms with Crippen molar-refractivity contribution >= 4 is 0 Å². The van der Waals surface area contributed by atoms with Crippen LogP contribution in [-0.4, -0.2) is 24.7 Å². The van der Waals surface area contributed by atoms with Gasteiger partial charge in [-0.15, -0.1) is 0 Å². The molecule has 0 saturated heterocycles. The highest BCUT2D eigenvalue weighted by atomic mass is 19.4. The van der Waals surface area contributed by atoms with Gasteiger partial charge in [-0.3, -0.25) is 0 Å². The molecule has 0 fully saturated rings. The third-order valence-corrected chi connectivity index (χ3v) is 3.95. The van der Waals surface area contributed by atoms with E-state index in [-0.39, 0.29) is 6.92 Å². The van der Waals surface area contributed by atoms with Crippen LogP contribution in [0, 0.1) is 10.8 Å². The second-order valence-corrected chi connectivity index (χ2v) is 4.87. The Hall–Kier alpha value is -1.10. The normalized spacial score (nSPS) is 27.0. The minimum Gasteiger partial charge on any atom is -0.170 e. The van der Waals surface area contributed by atoms with E-state index in [2.05, 4.69) is 0 Å². The fourth-order valence-electron chi connectivity index (χ4n) is 2.86. The van der Waals surface area contributed by atoms with Crippen molar-refractivity contribution in [2.45, 2.75) is 38.6 Å². The van der Waals surface area contributed by atoms with Crippen LogP contribution >= 0.6 is 0 Å². The Labute approximate surface area is 114 Å². The van der Waals surface area contributed by atoms with Gasteiger partial charge in [0.05, 0.1) is 5.57 Å². The standard InChI is InChI=1S/C10H6F12/c1-3-4(7(11,12)13)6(9(17,18)19,10(20,21)22)5(3,2)8(14,15)16/h1-2H3. The Kier molecular flexibility index (Phi) is 3.66. The first-order valence-corrected chi connectivity index (χ1v) is 5.27. The maximum atomic E-state index is 12.9. The van der Waals surface area contributed by atoms with Crippen molar-refractivity contribution in [1.82, 2.24) is 0 Å². The molecule has 12 heteroatoms. The lowest BCUT2D eigenvalue weighted by Crippen LogP contribution is -2.73. The highest BCUT2D eigenvalue weighted by molar-refractivity contribution is 5.50. The fraction of sp³-hybridized carbons (Fsp3) is 0.800. The highest BCUT2D eigenvalue weighted by Crippen LogP contribution is 2.79. The highest BCUT2D eigenvalue weighted by Gasteiger charge is 2.93. The van der Waals surface area contributed by atoms with Crippen LogP contribution in [0.4, 0.5) is 52.7 Å². The van der Waals surface area contributed by atoms with E-state index in [0.29, 0.717) is 0 Å². The van der Waals surface area contributed by atoms with Gasteiger partial charge >= 0.3 is 24.7 Å². The van der Waals surface area contributed by atoms with Gasteiger partial charge in [-0.05, 0) is 19.4 Å². The largest absolute Gasteiger partial charge is 0.413 e. The lowest BCUT2D eigenvalue weighted by atomic mass is 9.45. The average molecular weight is 354 g/mol. The molecule has 0 aromatic carbocycles. The van der Waals surface area contributed by atoms with Gasteiger partial charge < -0.3 is 0 Å². The minimum absolute atomic E-state index is 0.0357. The zero-order chi connectivity index (χ0) is 18.2. The summed E-state index contributed by atoms with van der Waals surface area (Å²) in [4.78, 5) is 0. The molecule has 0 heterocycles. The van der Waals surface area contributed by atoms with Crippen molar-refractivity contribution in [2.75, 3.05) is 0 Å². The molecule has 0 nitrogen and oxygen atoms in total. The first kappa shape index (κ1) is 18.9. The predicted octanol–water partition coefficient (Wildman–Crippen LogP) is 5.56. The van der Waals surface area contributed by atoms with Gasteiger partial charge in [0.2, 0.25) is 5.41 Å². The molecule has 0 radical (unpaired) electrons. The van der Waals surface area contributed by atoms with Crippen LogP contribution in [0.1, 0.15) is 13.8 Å². The fourth-order valence-corrected chi connectivity index (χ4v) is 2.86. The molecule has 0 amide bonds. The van der Waals surface area contributed by atoms with Gasteiger partial charge in [-0.2, -0.15) is 52.7 Å². The molecule has 1 unspecified atom stereocenters. The van der Waals surface area contributed by atoms with E-state index < -0.39 is 53.6 Å². The quantitative estimate of drug-likeness (QED) is 0.395. The summed E-state index contributed by atoms with van der Waals surface area (Å²) in [6, 6.07) is 0. The molecule has 0 aliphatic heterocycles. The number of alkyl halides is 12. The van der Waals surface area contributed by atoms with E-state index >= 15 is 0 Å². The molecule has 0 aromatic heterocycles. The Morgan fingerprint density at radius 3 is 1.14 bits per heavy atom. The molecule has 22 heavy (non-hydrogen) atoms. The summed E-state index contributed by atoms with van der Waals surface area (Å²) in [6.45, 7) is -0.565. The molecule has 1 aliphatic carbocycles. The Balaban J connectivity index is 4.01. The van der Waals surface area contributed by atoms with E-state index in [1.54, 1.807) is 0 Å². The zero-order valence-corrected chi connectivity index (χ0v) is 10.5. The van der Waals surface area contributed by atoms with Gasteiger partial charge in [0.1, 0.15) is 5.41 Å². The molecular formula is C10H6F12. The number of rotatable bonds is 0. The van der Waals surface area contributed by atoms with Crippen LogP contribution < -0.4 is 0 Å². The summed E-state index contributed by atoms with van der Waals surface area (Å²) in [5.41, 5.74) is -16.1. The smallest absolute Gasteiger partial charge is 0.170 e. The molecule has 0 spiro atoms. The van der Waals surface area contributed by atoms with Gasteiger partial charge in [0.25, 0.3) is 0 Å². The van der Waals surface area contributed by atoms with E-state index in [1.807, 2.05) is 0 Å². The van der Waals surface area contributed by atoms with E-state index in [1.165, 1.54) is 0 Å². The van der Waals surface area contributed by atoms with Crippen LogP contribution in [0.25, 0.3) is 0 Å². The molecule has 1 atom stereocenters. The summed E-state index contributed by atoms with van der Waals surface area (Å²) in [5, 5.41) is 0. The van der Waals surface area contributed by atoms with Crippen molar-refractivity contribution in [2.24, 2.45) is 10.8 Å². The van der Waals surface area contributed by atoms with Crippen molar-refractivity contribution < 1.29 is 52.7 Å². The lowest BCUT2D eigenvalue weighted by molar-refractivity contribution is -0.418. The van der Waals surface area contributed by atoms with Crippen LogP contribution in [0.2, 0.25) is 0 Å². The van der Waals surface area contributed by atoms with E-state index in [4.69, 9.17) is 0 Å². The molecular weight excluding hydrogens is 348 g/mol. The molecule has 1 rings (SSSR count). The first-order chi connectivity index (χ1) is 9.28. The maximum Gasteiger partial charge on any atom is 0.413 e. The second-order valence-electron chi connectivity index (χ2n) is 4.87. The summed E-state index contributed by atoms with van der Waals surface area (Å²) >= 11 is 0. The van der Waals surface area contributed by atoms with E-state index in [0.717, 1.165) is 0 Å². The van der Waals surface area contributed by atoms with Crippen molar-refractivity contribution in [1.29, 1.82) is 0 Å². The topological polar surface area (TPSA) is 0 Å². The van der Waals surface area contributed by atoms with Gasteiger partial charge in [-0.1, -0.05) is 0 Å². The van der Waals surface area contributed by atoms with Crippen molar-refractivity contribution in [3.8, 4) is 0 Å². The average Bonchev–Trinajstić information content (AvgIpc) is 2.15. The predicted molar refractivity (Wildman–Crippen MR) is 47.5 cm³/mol. The zero-order valence-electron chi connectivity index (χ0n) is 10.5. The van der Waals surface area contributed by atoms with Crippen molar-refractivity contribution in [3.63, 3.8) is 0 Å². The SMILES string of the molecule is CC1=C(C(F)(F)F)C(C(F)(F)F)(C(F)(F)F)C1(C)C(F)(F)F. The van der Waals surface area contributed by atoms with Crippen molar-refractivity contribution in [3.05, 3.63) is 11.1 Å². The molecule has 0 aromatic rings. The Bertz CT molecular complexity index is 482. The number of allylic oxidation sites excluding steroid dienone is 2.